The van der Waals surface area contributed by atoms with Gasteiger partial charge in [-0.1, -0.05) is 81.0 Å². The van der Waals surface area contributed by atoms with Crippen LogP contribution in [0.25, 0.3) is 0 Å². The number of carbonyl (C=O) groups is 2. The summed E-state index contributed by atoms with van der Waals surface area (Å²) in [6.07, 6.45) is 2.43. The van der Waals surface area contributed by atoms with E-state index in [0.29, 0.717) is 37.6 Å². The van der Waals surface area contributed by atoms with Crippen molar-refractivity contribution < 1.29 is 38.0 Å². The van der Waals surface area contributed by atoms with Gasteiger partial charge in [0, 0.05) is 23.0 Å². The maximum absolute atomic E-state index is 11.7. The van der Waals surface area contributed by atoms with Crippen molar-refractivity contribution in [1.29, 1.82) is 0 Å². The van der Waals surface area contributed by atoms with Gasteiger partial charge < -0.3 is 28.4 Å². The van der Waals surface area contributed by atoms with Gasteiger partial charge in [0.1, 0.15) is 11.5 Å². The number of hydrogen-bond acceptors (Lipinski definition) is 8. The molecule has 0 radical (unpaired) electrons. The lowest BCUT2D eigenvalue weighted by Crippen LogP contribution is -2.20. The Labute approximate surface area is 299 Å². The molecule has 2 atom stereocenters. The van der Waals surface area contributed by atoms with Crippen LogP contribution < -0.4 is 9.47 Å². The van der Waals surface area contributed by atoms with Crippen molar-refractivity contribution in [3.63, 3.8) is 0 Å². The predicted octanol–water partition coefficient (Wildman–Crippen LogP) is 10.1. The Morgan fingerprint density at radius 3 is 1.16 bits per heavy atom. The molecule has 2 aromatic carbocycles. The normalized spacial score (nSPS) is 11.3. The number of esters is 2. The molecular formula is C41H68O8. The Bertz CT molecular complexity index is 1170. The number of carbonyl (C=O) groups excluding carboxylic acids is 2. The summed E-state index contributed by atoms with van der Waals surface area (Å²) in [7, 11) is 0. The Hall–Kier alpha value is -3.62. The van der Waals surface area contributed by atoms with Gasteiger partial charge in [-0.05, 0) is 94.2 Å². The summed E-state index contributed by atoms with van der Waals surface area (Å²) in [5.74, 6) is 1.06. The molecule has 0 N–H and O–H groups in total. The largest absolute Gasteiger partial charge is 0.467 e. The second kappa shape index (κ2) is 25.4. The van der Waals surface area contributed by atoms with E-state index in [9.17, 15) is 9.59 Å². The van der Waals surface area contributed by atoms with Gasteiger partial charge in [-0.2, -0.15) is 0 Å². The van der Waals surface area contributed by atoms with Crippen molar-refractivity contribution >= 4 is 11.9 Å². The highest BCUT2D eigenvalue weighted by molar-refractivity contribution is 5.87. The van der Waals surface area contributed by atoms with E-state index >= 15 is 0 Å². The van der Waals surface area contributed by atoms with E-state index in [1.807, 2.05) is 41.5 Å². The molecule has 0 amide bonds. The molecule has 0 aliphatic rings. The number of aryl methyl sites for hydroxylation is 4. The molecular weight excluding hydrogens is 620 g/mol. The lowest BCUT2D eigenvalue weighted by atomic mass is 9.97. The first-order chi connectivity index (χ1) is 21.4. The fourth-order valence-corrected chi connectivity index (χ4v) is 4.81. The van der Waals surface area contributed by atoms with E-state index in [4.69, 9.17) is 28.4 Å². The maximum Gasteiger partial charge on any atom is 0.333 e. The second-order valence-corrected chi connectivity index (χ2v) is 11.9. The molecule has 0 aromatic heterocycles. The third kappa shape index (κ3) is 17.0. The van der Waals surface area contributed by atoms with Gasteiger partial charge in [-0.25, -0.2) is 9.59 Å². The summed E-state index contributed by atoms with van der Waals surface area (Å²) in [5.41, 5.74) is 7.33. The zero-order valence-corrected chi connectivity index (χ0v) is 28.5. The van der Waals surface area contributed by atoms with Crippen LogP contribution in [0.3, 0.4) is 0 Å². The van der Waals surface area contributed by atoms with Crippen LogP contribution in [0.1, 0.15) is 104 Å². The number of benzene rings is 2. The third-order valence-electron chi connectivity index (χ3n) is 7.48. The standard InChI is InChI=1S/C37H52O8.4CH4/c1-11-30(20-42-36(38)24(3)4)18-40-22-44-34-26(7)13-32(14-27(34)8)17-33-15-28(9)35(29(10)16-33)45-23-41-19-31(12-2)21-43-37(39)25(5)6;;;;/h13-16,30-31H,3,5,11-12,17-23H2,1-2,4,6-10H3;4*1H4. The van der Waals surface area contributed by atoms with E-state index in [2.05, 4.69) is 37.4 Å². The van der Waals surface area contributed by atoms with Gasteiger partial charge in [-0.15, -0.1) is 0 Å². The van der Waals surface area contributed by atoms with Crippen molar-refractivity contribution in [3.8, 4) is 11.5 Å². The van der Waals surface area contributed by atoms with Crippen molar-refractivity contribution in [1.82, 2.24) is 0 Å². The average molecular weight is 689 g/mol. The van der Waals surface area contributed by atoms with E-state index in [1.54, 1.807) is 13.8 Å². The molecule has 8 nitrogen and oxygen atoms in total. The second-order valence-electron chi connectivity index (χ2n) is 11.9. The van der Waals surface area contributed by atoms with Crippen LogP contribution >= 0.6 is 0 Å². The summed E-state index contributed by atoms with van der Waals surface area (Å²) in [6, 6.07) is 8.59. The van der Waals surface area contributed by atoms with E-state index in [1.165, 1.54) is 11.1 Å². The molecule has 0 fully saturated rings. The smallest absolute Gasteiger partial charge is 0.333 e. The van der Waals surface area contributed by atoms with Gasteiger partial charge in [0.2, 0.25) is 0 Å². The zero-order chi connectivity index (χ0) is 33.5. The molecule has 280 valence electrons. The van der Waals surface area contributed by atoms with Crippen molar-refractivity contribution in [2.45, 2.75) is 104 Å². The quantitative estimate of drug-likeness (QED) is 0.0588. The summed E-state index contributed by atoms with van der Waals surface area (Å²) in [4.78, 5) is 23.3. The fraction of sp³-hybridized carbons (Fsp3) is 0.561. The predicted molar refractivity (Wildman–Crippen MR) is 204 cm³/mol. The highest BCUT2D eigenvalue weighted by Gasteiger charge is 2.15. The van der Waals surface area contributed by atoms with Crippen LogP contribution in [0.15, 0.2) is 48.6 Å². The highest BCUT2D eigenvalue weighted by Crippen LogP contribution is 2.29. The Kier molecular flexibility index (Phi) is 25.8. The molecule has 0 saturated carbocycles. The maximum atomic E-state index is 11.7. The van der Waals surface area contributed by atoms with Gasteiger partial charge in [-0.3, -0.25) is 0 Å². The summed E-state index contributed by atoms with van der Waals surface area (Å²) in [5, 5.41) is 0. The molecule has 0 aliphatic heterocycles. The molecule has 0 spiro atoms. The topological polar surface area (TPSA) is 89.5 Å². The molecule has 8 heteroatoms. The van der Waals surface area contributed by atoms with Crippen LogP contribution in [0.2, 0.25) is 0 Å². The lowest BCUT2D eigenvalue weighted by Gasteiger charge is -2.18. The zero-order valence-electron chi connectivity index (χ0n) is 28.5. The van der Waals surface area contributed by atoms with Crippen molar-refractivity contribution in [3.05, 3.63) is 82.0 Å². The van der Waals surface area contributed by atoms with Crippen molar-refractivity contribution in [2.24, 2.45) is 11.8 Å². The summed E-state index contributed by atoms with van der Waals surface area (Å²) in [6.45, 7) is 24.4. The number of rotatable bonds is 20. The lowest BCUT2D eigenvalue weighted by molar-refractivity contribution is -0.142. The van der Waals surface area contributed by atoms with Gasteiger partial charge in [0.25, 0.3) is 0 Å². The average Bonchev–Trinajstić information content (AvgIpc) is 2.98. The van der Waals surface area contributed by atoms with Gasteiger partial charge in [0.05, 0.1) is 26.4 Å². The SMILES string of the molecule is C.C.C.C.C=C(C)C(=O)OCC(CC)COCOc1c(C)cc(Cc2cc(C)c(OCOCC(CC)COC(=O)C(=C)C)c(C)c2)cc1C. The van der Waals surface area contributed by atoms with Gasteiger partial charge >= 0.3 is 11.9 Å². The van der Waals surface area contributed by atoms with E-state index in [0.717, 1.165) is 53.0 Å². The first-order valence-electron chi connectivity index (χ1n) is 15.6. The van der Waals surface area contributed by atoms with E-state index in [-0.39, 0.29) is 67.1 Å². The minimum Gasteiger partial charge on any atom is -0.467 e. The fourth-order valence-electron chi connectivity index (χ4n) is 4.81. The molecule has 49 heavy (non-hydrogen) atoms. The summed E-state index contributed by atoms with van der Waals surface area (Å²) < 4.78 is 34.0. The van der Waals surface area contributed by atoms with Crippen LogP contribution in [0.5, 0.6) is 11.5 Å². The molecule has 2 rings (SSSR count). The van der Waals surface area contributed by atoms with Crippen LogP contribution in [0, 0.1) is 39.5 Å². The number of hydrogen-bond donors (Lipinski definition) is 0. The van der Waals surface area contributed by atoms with Crippen LogP contribution in [0.4, 0.5) is 0 Å². The first kappa shape index (κ1) is 49.8. The molecule has 2 unspecified atom stereocenters. The number of ether oxygens (including phenoxy) is 6. The monoisotopic (exact) mass is 688 g/mol. The molecule has 0 aliphatic carbocycles. The first-order valence-corrected chi connectivity index (χ1v) is 15.6. The third-order valence-corrected chi connectivity index (χ3v) is 7.48. The summed E-state index contributed by atoms with van der Waals surface area (Å²) >= 11 is 0. The highest BCUT2D eigenvalue weighted by atomic mass is 16.7. The van der Waals surface area contributed by atoms with Crippen LogP contribution in [-0.2, 0) is 35.0 Å². The van der Waals surface area contributed by atoms with Crippen LogP contribution in [-0.4, -0.2) is 52.0 Å². The molecule has 2 aromatic rings. The Balaban J connectivity index is -0.00000529. The van der Waals surface area contributed by atoms with Crippen molar-refractivity contribution in [2.75, 3.05) is 40.0 Å². The molecule has 0 bridgehead atoms. The van der Waals surface area contributed by atoms with Gasteiger partial charge in [0.15, 0.2) is 13.6 Å². The Morgan fingerprint density at radius 2 is 0.898 bits per heavy atom. The molecule has 0 saturated heterocycles. The minimum atomic E-state index is -0.380. The van der Waals surface area contributed by atoms with E-state index < -0.39 is 0 Å². The molecule has 0 heterocycles. The Morgan fingerprint density at radius 1 is 0.592 bits per heavy atom. The minimum absolute atomic E-state index is 0.